The third-order valence-corrected chi connectivity index (χ3v) is 5.61. The van der Waals surface area contributed by atoms with Crippen molar-refractivity contribution in [3.8, 4) is 5.75 Å². The van der Waals surface area contributed by atoms with Gasteiger partial charge < -0.3 is 9.84 Å². The molecule has 1 N–H and O–H groups in total. The Bertz CT molecular complexity index is 1170. The highest BCUT2D eigenvalue weighted by atomic mass is 32.1. The van der Waals surface area contributed by atoms with Gasteiger partial charge in [-0.05, 0) is 24.6 Å². The van der Waals surface area contributed by atoms with Crippen LogP contribution in [-0.4, -0.2) is 33.6 Å². The zero-order valence-electron chi connectivity index (χ0n) is 16.7. The summed E-state index contributed by atoms with van der Waals surface area (Å²) >= 11 is 1.21. The Balaban J connectivity index is 1.81. The Morgan fingerprint density at radius 2 is 1.90 bits per heavy atom. The normalized spacial score (nSPS) is 16.0. The molecule has 2 aromatic carbocycles. The van der Waals surface area contributed by atoms with Crippen LogP contribution in [0.1, 0.15) is 27.0 Å². The molecule has 8 heteroatoms. The highest BCUT2D eigenvalue weighted by Crippen LogP contribution is 2.42. The van der Waals surface area contributed by atoms with Crippen LogP contribution in [0.15, 0.2) is 78.6 Å². The van der Waals surface area contributed by atoms with E-state index in [4.69, 9.17) is 4.74 Å². The zero-order valence-corrected chi connectivity index (χ0v) is 17.5. The van der Waals surface area contributed by atoms with E-state index in [-0.39, 0.29) is 5.57 Å². The molecule has 7 nitrogen and oxygen atoms in total. The van der Waals surface area contributed by atoms with Gasteiger partial charge in [-0.25, -0.2) is 0 Å². The molecular weight excluding hydrogens is 414 g/mol. The molecular formula is C23H19N3O4S. The molecule has 2 heterocycles. The number of hydrogen-bond acceptors (Lipinski definition) is 7. The Kier molecular flexibility index (Phi) is 5.64. The zero-order chi connectivity index (χ0) is 22.0. The number of carbonyl (C=O) groups is 2. The largest absolute Gasteiger partial charge is 0.503 e. The number of nitrogens with zero attached hydrogens (tertiary/aromatic N) is 3. The van der Waals surface area contributed by atoms with Gasteiger partial charge >= 0.3 is 0 Å². The third-order valence-electron chi connectivity index (χ3n) is 4.77. The number of rotatable bonds is 7. The molecule has 0 radical (unpaired) electrons. The molecule has 1 aliphatic heterocycles. The molecule has 0 saturated heterocycles. The van der Waals surface area contributed by atoms with Crippen molar-refractivity contribution in [1.29, 1.82) is 0 Å². The molecule has 0 bridgehead atoms. The Hall–Kier alpha value is -3.78. The van der Waals surface area contributed by atoms with Crippen LogP contribution < -0.4 is 9.64 Å². The molecule has 0 saturated carbocycles. The first-order chi connectivity index (χ1) is 15.0. The summed E-state index contributed by atoms with van der Waals surface area (Å²) in [5.74, 6) is -1.08. The maximum absolute atomic E-state index is 13.3. The molecule has 156 valence electrons. The van der Waals surface area contributed by atoms with Gasteiger partial charge in [-0.1, -0.05) is 66.5 Å². The van der Waals surface area contributed by atoms with E-state index < -0.39 is 23.5 Å². The van der Waals surface area contributed by atoms with Crippen LogP contribution in [0, 0.1) is 6.92 Å². The summed E-state index contributed by atoms with van der Waals surface area (Å²) in [6.45, 7) is 5.75. The predicted molar refractivity (Wildman–Crippen MR) is 117 cm³/mol. The minimum Gasteiger partial charge on any atom is -0.503 e. The van der Waals surface area contributed by atoms with Crippen molar-refractivity contribution in [1.82, 2.24) is 10.2 Å². The lowest BCUT2D eigenvalue weighted by atomic mass is 9.93. The Morgan fingerprint density at radius 3 is 2.52 bits per heavy atom. The van der Waals surface area contributed by atoms with E-state index in [1.165, 1.54) is 16.2 Å². The van der Waals surface area contributed by atoms with Crippen LogP contribution in [0.4, 0.5) is 5.13 Å². The van der Waals surface area contributed by atoms with Crippen molar-refractivity contribution < 1.29 is 19.4 Å². The fraction of sp³-hybridized carbons (Fsp3) is 0.130. The van der Waals surface area contributed by atoms with Crippen molar-refractivity contribution in [2.75, 3.05) is 11.5 Å². The lowest BCUT2D eigenvalue weighted by Crippen LogP contribution is -2.31. The average Bonchev–Trinajstić information content (AvgIpc) is 3.33. The van der Waals surface area contributed by atoms with Gasteiger partial charge in [0.1, 0.15) is 17.4 Å². The second-order valence-corrected chi connectivity index (χ2v) is 7.97. The van der Waals surface area contributed by atoms with Gasteiger partial charge in [0.25, 0.3) is 5.91 Å². The van der Waals surface area contributed by atoms with Gasteiger partial charge in [0.2, 0.25) is 5.13 Å². The monoisotopic (exact) mass is 433 g/mol. The van der Waals surface area contributed by atoms with Gasteiger partial charge in [-0.3, -0.25) is 14.5 Å². The molecule has 0 fully saturated rings. The molecule has 31 heavy (non-hydrogen) atoms. The number of Topliss-reactive ketones (excluding diaryl/α,β-unsaturated/α-hetero) is 1. The van der Waals surface area contributed by atoms with Crippen LogP contribution in [0.3, 0.4) is 0 Å². The lowest BCUT2D eigenvalue weighted by Gasteiger charge is -2.24. The average molecular weight is 433 g/mol. The molecule has 1 amide bonds. The standard InChI is InChI=1S/C23H19N3O4S/c1-3-13-30-17-11-9-15(10-12-17)19-18(20(27)16-7-5-4-6-8-16)21(28)22(29)26(19)23-25-24-14(2)31-23/h3-12,19,28H,1,13H2,2H3. The molecule has 1 atom stereocenters. The molecule has 1 aliphatic rings. The number of aromatic nitrogens is 2. The summed E-state index contributed by atoms with van der Waals surface area (Å²) in [5, 5.41) is 19.7. The summed E-state index contributed by atoms with van der Waals surface area (Å²) in [7, 11) is 0. The van der Waals surface area contributed by atoms with Gasteiger partial charge in [-0.2, -0.15) is 0 Å². The number of aliphatic hydroxyl groups is 1. The first-order valence-electron chi connectivity index (χ1n) is 9.51. The van der Waals surface area contributed by atoms with E-state index in [1.54, 1.807) is 67.6 Å². The Labute approximate surface area is 182 Å². The van der Waals surface area contributed by atoms with E-state index in [1.807, 2.05) is 0 Å². The first kappa shape index (κ1) is 20.5. The number of ether oxygens (including phenoxy) is 1. The first-order valence-corrected chi connectivity index (χ1v) is 10.3. The van der Waals surface area contributed by atoms with Gasteiger partial charge in [0, 0.05) is 5.56 Å². The maximum atomic E-state index is 13.3. The number of aliphatic hydroxyl groups excluding tert-OH is 1. The van der Waals surface area contributed by atoms with Crippen molar-refractivity contribution >= 4 is 28.2 Å². The highest BCUT2D eigenvalue weighted by Gasteiger charge is 2.46. The highest BCUT2D eigenvalue weighted by molar-refractivity contribution is 7.15. The minimum absolute atomic E-state index is 0.00353. The number of carbonyl (C=O) groups excluding carboxylic acids is 2. The summed E-state index contributed by atoms with van der Waals surface area (Å²) < 4.78 is 5.53. The number of hydrogen-bond donors (Lipinski definition) is 1. The molecule has 4 rings (SSSR count). The fourth-order valence-corrected chi connectivity index (χ4v) is 4.09. The van der Waals surface area contributed by atoms with E-state index in [9.17, 15) is 14.7 Å². The van der Waals surface area contributed by atoms with Crippen molar-refractivity contribution in [3.05, 3.63) is 94.7 Å². The van der Waals surface area contributed by atoms with Crippen molar-refractivity contribution in [2.45, 2.75) is 13.0 Å². The summed E-state index contributed by atoms with van der Waals surface area (Å²) in [5.41, 5.74) is 1.02. The molecule has 1 unspecified atom stereocenters. The summed E-state index contributed by atoms with van der Waals surface area (Å²) in [4.78, 5) is 27.6. The topological polar surface area (TPSA) is 92.6 Å². The predicted octanol–water partition coefficient (Wildman–Crippen LogP) is 4.19. The van der Waals surface area contributed by atoms with Gasteiger partial charge in [0.05, 0.1) is 11.6 Å². The Morgan fingerprint density at radius 1 is 1.19 bits per heavy atom. The van der Waals surface area contributed by atoms with Crippen LogP contribution in [0.25, 0.3) is 0 Å². The van der Waals surface area contributed by atoms with Crippen molar-refractivity contribution in [2.24, 2.45) is 0 Å². The molecule has 1 aromatic heterocycles. The van der Waals surface area contributed by atoms with E-state index in [2.05, 4.69) is 16.8 Å². The number of benzene rings is 2. The second-order valence-electron chi connectivity index (χ2n) is 6.81. The van der Waals surface area contributed by atoms with Gasteiger partial charge in [-0.15, -0.1) is 10.2 Å². The third kappa shape index (κ3) is 3.85. The summed E-state index contributed by atoms with van der Waals surface area (Å²) in [6.07, 6.45) is 1.64. The minimum atomic E-state index is -0.846. The number of amides is 1. The second kappa shape index (κ2) is 8.53. The smallest absolute Gasteiger partial charge is 0.296 e. The van der Waals surface area contributed by atoms with Crippen LogP contribution in [0.5, 0.6) is 5.75 Å². The van der Waals surface area contributed by atoms with Crippen LogP contribution >= 0.6 is 11.3 Å². The van der Waals surface area contributed by atoms with Crippen LogP contribution in [0.2, 0.25) is 0 Å². The van der Waals surface area contributed by atoms with E-state index >= 15 is 0 Å². The SMILES string of the molecule is C=CCOc1ccc(C2C(C(=O)c3ccccc3)=C(O)C(=O)N2c2nnc(C)s2)cc1. The van der Waals surface area contributed by atoms with Crippen molar-refractivity contribution in [3.63, 3.8) is 0 Å². The summed E-state index contributed by atoms with van der Waals surface area (Å²) in [6, 6.07) is 14.7. The number of aryl methyl sites for hydroxylation is 1. The fourth-order valence-electron chi connectivity index (χ4n) is 3.38. The molecule has 0 aliphatic carbocycles. The van der Waals surface area contributed by atoms with E-state index in [0.717, 1.165) is 0 Å². The quantitative estimate of drug-likeness (QED) is 0.444. The van der Waals surface area contributed by atoms with Crippen LogP contribution in [-0.2, 0) is 4.79 Å². The number of anilines is 1. The lowest BCUT2D eigenvalue weighted by molar-refractivity contribution is -0.117. The van der Waals surface area contributed by atoms with Gasteiger partial charge in [0.15, 0.2) is 11.5 Å². The number of ketones is 1. The van der Waals surface area contributed by atoms with E-state index in [0.29, 0.717) is 33.6 Å². The maximum Gasteiger partial charge on any atom is 0.296 e. The molecule has 0 spiro atoms. The molecule has 3 aromatic rings.